The second kappa shape index (κ2) is 8.30. The lowest BCUT2D eigenvalue weighted by Gasteiger charge is -2.43. The number of nitriles is 1. The fourth-order valence-corrected chi connectivity index (χ4v) is 4.85. The van der Waals surface area contributed by atoms with Gasteiger partial charge in [0, 0.05) is 54.8 Å². The molecule has 0 spiro atoms. The molecule has 33 heavy (non-hydrogen) atoms. The van der Waals surface area contributed by atoms with Crippen molar-refractivity contribution in [1.82, 2.24) is 4.90 Å². The molecular formula is C23H20F5N3O2. The predicted molar refractivity (Wildman–Crippen MR) is 108 cm³/mol. The van der Waals surface area contributed by atoms with Gasteiger partial charge in [-0.05, 0) is 36.8 Å². The molecule has 174 valence electrons. The number of carbonyl (C=O) groups excluding carboxylic acids is 1. The molecule has 1 amide bonds. The van der Waals surface area contributed by atoms with Gasteiger partial charge < -0.3 is 14.9 Å². The highest BCUT2D eigenvalue weighted by Gasteiger charge is 2.50. The van der Waals surface area contributed by atoms with E-state index in [1.54, 1.807) is 11.0 Å². The van der Waals surface area contributed by atoms with Gasteiger partial charge in [0.15, 0.2) is 0 Å². The Hall–Kier alpha value is -3.19. The largest absolute Gasteiger partial charge is 0.417 e. The van der Waals surface area contributed by atoms with Crippen molar-refractivity contribution >= 4 is 11.6 Å². The van der Waals surface area contributed by atoms with Gasteiger partial charge in [-0.25, -0.2) is 8.78 Å². The molecule has 0 unspecified atom stereocenters. The zero-order valence-corrected chi connectivity index (χ0v) is 17.4. The van der Waals surface area contributed by atoms with Crippen molar-refractivity contribution in [2.24, 2.45) is 11.3 Å². The van der Waals surface area contributed by atoms with Gasteiger partial charge in [-0.3, -0.25) is 4.79 Å². The van der Waals surface area contributed by atoms with E-state index < -0.39 is 40.3 Å². The highest BCUT2D eigenvalue weighted by molar-refractivity contribution is 5.94. The van der Waals surface area contributed by atoms with Crippen molar-refractivity contribution < 1.29 is 31.9 Å². The second-order valence-electron chi connectivity index (χ2n) is 8.60. The summed E-state index contributed by atoms with van der Waals surface area (Å²) in [4.78, 5) is 16.0. The van der Waals surface area contributed by atoms with Gasteiger partial charge in [-0.1, -0.05) is 0 Å². The molecule has 2 heterocycles. The first kappa shape index (κ1) is 23.0. The first-order valence-electron chi connectivity index (χ1n) is 10.3. The topological polar surface area (TPSA) is 67.6 Å². The molecule has 4 rings (SSSR count). The summed E-state index contributed by atoms with van der Waals surface area (Å²) in [5.41, 5.74) is -1.98. The number of benzene rings is 2. The number of alkyl halides is 3. The highest BCUT2D eigenvalue weighted by atomic mass is 19.4. The van der Waals surface area contributed by atoms with Gasteiger partial charge in [0.2, 0.25) is 0 Å². The first-order valence-corrected chi connectivity index (χ1v) is 10.3. The van der Waals surface area contributed by atoms with Crippen molar-refractivity contribution in [3.05, 3.63) is 64.7 Å². The van der Waals surface area contributed by atoms with Gasteiger partial charge in [-0.15, -0.1) is 0 Å². The van der Waals surface area contributed by atoms with Gasteiger partial charge in [-0.2, -0.15) is 18.4 Å². The van der Waals surface area contributed by atoms with Crippen molar-refractivity contribution in [2.75, 3.05) is 37.7 Å². The molecule has 2 atom stereocenters. The number of hydrogen-bond donors (Lipinski definition) is 1. The van der Waals surface area contributed by atoms with Crippen molar-refractivity contribution in [3.63, 3.8) is 0 Å². The summed E-state index contributed by atoms with van der Waals surface area (Å²) < 4.78 is 67.2. The molecule has 2 aromatic carbocycles. The van der Waals surface area contributed by atoms with E-state index in [0.29, 0.717) is 24.7 Å². The molecule has 0 radical (unpaired) electrons. The van der Waals surface area contributed by atoms with Crippen LogP contribution in [0.5, 0.6) is 0 Å². The normalized spacial score (nSPS) is 22.8. The summed E-state index contributed by atoms with van der Waals surface area (Å²) in [5, 5.41) is 19.1. The third-order valence-corrected chi connectivity index (χ3v) is 6.64. The SMILES string of the molecule is N#Cc1ccc(N2CC[C@@]3(CO)CN(C(=O)c4cc(F)cc(F)c4)C[C@H]3C2)cc1C(F)(F)F. The first-order chi connectivity index (χ1) is 15.6. The molecule has 2 fully saturated rings. The molecule has 0 saturated carbocycles. The molecule has 0 bridgehead atoms. The third kappa shape index (κ3) is 4.25. The summed E-state index contributed by atoms with van der Waals surface area (Å²) in [5.74, 6) is -2.58. The molecule has 2 saturated heterocycles. The molecular weight excluding hydrogens is 445 g/mol. The maximum atomic E-state index is 13.6. The fraction of sp³-hybridized carbons (Fsp3) is 0.391. The van der Waals surface area contributed by atoms with Crippen LogP contribution in [-0.2, 0) is 6.18 Å². The maximum Gasteiger partial charge on any atom is 0.417 e. The van der Waals surface area contributed by atoms with Crippen LogP contribution in [0.3, 0.4) is 0 Å². The number of fused-ring (bicyclic) bond motifs is 1. The van der Waals surface area contributed by atoms with Crippen LogP contribution >= 0.6 is 0 Å². The summed E-state index contributed by atoms with van der Waals surface area (Å²) in [7, 11) is 0. The molecule has 10 heteroatoms. The van der Waals surface area contributed by atoms with E-state index >= 15 is 0 Å². The van der Waals surface area contributed by atoms with Crippen molar-refractivity contribution in [1.29, 1.82) is 5.26 Å². The standard InChI is InChI=1S/C23H20F5N3O2/c24-17-5-15(6-18(25)7-17)21(33)31-11-16-10-30(4-3-22(16,12-31)13-32)19-2-1-14(9-29)20(8-19)23(26,27)28/h1-2,5-8,16,32H,3-4,10-13H2/t16-,22+/m1/s1. The smallest absolute Gasteiger partial charge is 0.396 e. The zero-order chi connectivity index (χ0) is 24.0. The zero-order valence-electron chi connectivity index (χ0n) is 17.4. The molecule has 2 aromatic rings. The molecule has 1 N–H and O–H groups in total. The van der Waals surface area contributed by atoms with E-state index in [4.69, 9.17) is 5.26 Å². The average molecular weight is 465 g/mol. The Morgan fingerprint density at radius 2 is 1.85 bits per heavy atom. The third-order valence-electron chi connectivity index (χ3n) is 6.64. The van der Waals surface area contributed by atoms with Gasteiger partial charge in [0.05, 0.1) is 23.8 Å². The molecule has 2 aliphatic heterocycles. The number of aliphatic hydroxyl groups excluding tert-OH is 1. The van der Waals surface area contributed by atoms with Crippen LogP contribution in [-0.4, -0.2) is 48.7 Å². The van der Waals surface area contributed by atoms with E-state index in [9.17, 15) is 31.9 Å². The number of amides is 1. The number of piperidine rings is 1. The van der Waals surface area contributed by atoms with Gasteiger partial charge in [0.25, 0.3) is 5.91 Å². The minimum absolute atomic E-state index is 0.141. The lowest BCUT2D eigenvalue weighted by molar-refractivity contribution is -0.137. The van der Waals surface area contributed by atoms with Crippen LogP contribution in [0.15, 0.2) is 36.4 Å². The average Bonchev–Trinajstić information content (AvgIpc) is 3.16. The molecule has 0 aliphatic carbocycles. The van der Waals surface area contributed by atoms with E-state index in [1.165, 1.54) is 11.0 Å². The number of halogens is 5. The molecule has 0 aromatic heterocycles. The summed E-state index contributed by atoms with van der Waals surface area (Å²) in [6.07, 6.45) is -4.26. The summed E-state index contributed by atoms with van der Waals surface area (Å²) >= 11 is 0. The number of anilines is 1. The number of carbonyl (C=O) groups is 1. The minimum atomic E-state index is -4.68. The Balaban J connectivity index is 1.57. The predicted octanol–water partition coefficient (Wildman–Crippen LogP) is 3.82. The van der Waals surface area contributed by atoms with E-state index in [2.05, 4.69) is 0 Å². The van der Waals surface area contributed by atoms with Crippen LogP contribution < -0.4 is 4.90 Å². The Morgan fingerprint density at radius 3 is 2.45 bits per heavy atom. The number of aliphatic hydroxyl groups is 1. The number of likely N-dealkylation sites (tertiary alicyclic amines) is 1. The number of rotatable bonds is 3. The fourth-order valence-electron chi connectivity index (χ4n) is 4.85. The number of hydrogen-bond acceptors (Lipinski definition) is 4. The lowest BCUT2D eigenvalue weighted by Crippen LogP contribution is -2.49. The van der Waals surface area contributed by atoms with E-state index in [0.717, 1.165) is 24.3 Å². The quantitative estimate of drug-likeness (QED) is 0.700. The Morgan fingerprint density at radius 1 is 1.15 bits per heavy atom. The van der Waals surface area contributed by atoms with Gasteiger partial charge >= 0.3 is 6.18 Å². The van der Waals surface area contributed by atoms with E-state index in [1.807, 2.05) is 0 Å². The van der Waals surface area contributed by atoms with Crippen molar-refractivity contribution in [2.45, 2.75) is 12.6 Å². The summed E-state index contributed by atoms with van der Waals surface area (Å²) in [6, 6.07) is 7.64. The van der Waals surface area contributed by atoms with Crippen LogP contribution in [0.4, 0.5) is 27.6 Å². The second-order valence-corrected chi connectivity index (χ2v) is 8.60. The van der Waals surface area contributed by atoms with Crippen LogP contribution in [0.1, 0.15) is 27.9 Å². The molecule has 2 aliphatic rings. The van der Waals surface area contributed by atoms with Gasteiger partial charge in [0.1, 0.15) is 11.6 Å². The lowest BCUT2D eigenvalue weighted by atomic mass is 9.73. The minimum Gasteiger partial charge on any atom is -0.396 e. The van der Waals surface area contributed by atoms with Crippen LogP contribution in [0.2, 0.25) is 0 Å². The molecule has 5 nitrogen and oxygen atoms in total. The Kier molecular flexibility index (Phi) is 5.78. The number of nitrogens with zero attached hydrogens (tertiary/aromatic N) is 3. The highest BCUT2D eigenvalue weighted by Crippen LogP contribution is 2.44. The van der Waals surface area contributed by atoms with E-state index in [-0.39, 0.29) is 37.7 Å². The van der Waals surface area contributed by atoms with Crippen molar-refractivity contribution in [3.8, 4) is 6.07 Å². The Labute approximate surface area is 186 Å². The maximum absolute atomic E-state index is 13.6. The Bertz CT molecular complexity index is 1110. The summed E-state index contributed by atoms with van der Waals surface area (Å²) in [6.45, 7) is 0.770. The van der Waals surface area contributed by atoms with Crippen LogP contribution in [0, 0.1) is 34.3 Å². The monoisotopic (exact) mass is 465 g/mol. The van der Waals surface area contributed by atoms with Crippen LogP contribution in [0.25, 0.3) is 0 Å².